The van der Waals surface area contributed by atoms with E-state index >= 15 is 0 Å². The molecular weight excluding hydrogens is 568 g/mol. The number of nitrogens with one attached hydrogen (secondary N) is 2. The molecule has 0 saturated carbocycles. The number of hydrogen-bond donors (Lipinski definition) is 2. The molecule has 2 aromatic heterocycles. The number of thiazole rings is 1. The van der Waals surface area contributed by atoms with Gasteiger partial charge in [0.2, 0.25) is 0 Å². The standard InChI is InChI=1S/C35H42N6O2S/c1-21-10-12-27(13-11-21)41-31(20-30(39-41)35(4,5)6)38-34(43)37-26-9-7-8-24(17-26)16-25-18-28-14-15-29(19-25)40(28)33(42)32-22(2)36-23(3)44-32/h7-13,17,20,25,28-29H,14-16,18-19H2,1-6H3,(H2,37,38,43). The predicted octanol–water partition coefficient (Wildman–Crippen LogP) is 7.82. The SMILES string of the molecule is Cc1ccc(-n2nc(C(C)(C)C)cc2NC(=O)Nc2cccc(CC3CC4CCC(C3)N4C(=O)c3sc(C)nc3C)c2)cc1. The van der Waals surface area contributed by atoms with Crippen LogP contribution in [0, 0.1) is 26.7 Å². The van der Waals surface area contributed by atoms with Crippen LogP contribution in [0.5, 0.6) is 0 Å². The molecule has 2 unspecified atom stereocenters. The number of benzene rings is 2. The summed E-state index contributed by atoms with van der Waals surface area (Å²) in [4.78, 5) is 34.1. The second kappa shape index (κ2) is 11.8. The molecule has 4 aromatic rings. The second-order valence-electron chi connectivity index (χ2n) is 13.5. The van der Waals surface area contributed by atoms with Gasteiger partial charge < -0.3 is 10.2 Å². The summed E-state index contributed by atoms with van der Waals surface area (Å²) in [6, 6.07) is 18.4. The monoisotopic (exact) mass is 610 g/mol. The summed E-state index contributed by atoms with van der Waals surface area (Å²) in [6.07, 6.45) is 5.09. The summed E-state index contributed by atoms with van der Waals surface area (Å²) in [5, 5.41) is 11.8. The highest BCUT2D eigenvalue weighted by Crippen LogP contribution is 2.41. The summed E-state index contributed by atoms with van der Waals surface area (Å²) in [7, 11) is 0. The van der Waals surface area contributed by atoms with E-state index in [9.17, 15) is 9.59 Å². The normalized spacial score (nSPS) is 19.7. The molecule has 44 heavy (non-hydrogen) atoms. The number of piperidine rings is 1. The Morgan fingerprint density at radius 3 is 2.30 bits per heavy atom. The molecule has 230 valence electrons. The van der Waals surface area contributed by atoms with Crippen LogP contribution < -0.4 is 10.6 Å². The first-order valence-electron chi connectivity index (χ1n) is 15.6. The fraction of sp³-hybridized carbons (Fsp3) is 0.429. The number of carbonyl (C=O) groups excluding carboxylic acids is 2. The van der Waals surface area contributed by atoms with Crippen LogP contribution in [-0.4, -0.2) is 43.7 Å². The maximum atomic E-state index is 13.4. The Kier molecular flexibility index (Phi) is 8.09. The van der Waals surface area contributed by atoms with Gasteiger partial charge in [0.05, 0.1) is 22.1 Å². The van der Waals surface area contributed by atoms with Crippen LogP contribution in [0.1, 0.15) is 83.6 Å². The summed E-state index contributed by atoms with van der Waals surface area (Å²) >= 11 is 1.51. The Labute approximate surface area is 263 Å². The number of amides is 3. The van der Waals surface area contributed by atoms with Gasteiger partial charge in [-0.25, -0.2) is 14.5 Å². The topological polar surface area (TPSA) is 92.2 Å². The number of urea groups is 1. The van der Waals surface area contributed by atoms with Crippen LogP contribution in [0.2, 0.25) is 0 Å². The molecule has 3 amide bonds. The van der Waals surface area contributed by atoms with E-state index in [1.54, 1.807) is 4.68 Å². The Morgan fingerprint density at radius 2 is 1.66 bits per heavy atom. The lowest BCUT2D eigenvalue weighted by Gasteiger charge is -2.39. The molecular formula is C35H42N6O2S. The number of aryl methyl sites for hydroxylation is 3. The summed E-state index contributed by atoms with van der Waals surface area (Å²) < 4.78 is 1.79. The first-order chi connectivity index (χ1) is 20.9. The van der Waals surface area contributed by atoms with Crippen molar-refractivity contribution in [3.8, 4) is 5.69 Å². The average Bonchev–Trinajstić information content (AvgIpc) is 3.61. The molecule has 9 heteroatoms. The van der Waals surface area contributed by atoms with Crippen molar-refractivity contribution >= 4 is 34.8 Å². The molecule has 2 fully saturated rings. The van der Waals surface area contributed by atoms with Crippen LogP contribution in [0.15, 0.2) is 54.6 Å². The lowest BCUT2D eigenvalue weighted by Crippen LogP contribution is -2.46. The minimum atomic E-state index is -0.311. The fourth-order valence-corrected chi connectivity index (χ4v) is 7.61. The highest BCUT2D eigenvalue weighted by molar-refractivity contribution is 7.13. The van der Waals surface area contributed by atoms with Gasteiger partial charge in [0, 0.05) is 29.3 Å². The van der Waals surface area contributed by atoms with E-state index in [1.165, 1.54) is 16.9 Å². The summed E-state index contributed by atoms with van der Waals surface area (Å²) in [5.74, 6) is 1.28. The summed E-state index contributed by atoms with van der Waals surface area (Å²) in [6.45, 7) is 12.3. The smallest absolute Gasteiger partial charge is 0.324 e. The van der Waals surface area contributed by atoms with Crippen molar-refractivity contribution < 1.29 is 9.59 Å². The zero-order chi connectivity index (χ0) is 31.2. The lowest BCUT2D eigenvalue weighted by molar-refractivity contribution is 0.0528. The van der Waals surface area contributed by atoms with E-state index < -0.39 is 0 Å². The van der Waals surface area contributed by atoms with Crippen LogP contribution in [-0.2, 0) is 11.8 Å². The van der Waals surface area contributed by atoms with Gasteiger partial charge in [-0.15, -0.1) is 11.3 Å². The largest absolute Gasteiger partial charge is 0.332 e. The third-order valence-corrected chi connectivity index (χ3v) is 9.93. The number of nitrogens with zero attached hydrogens (tertiary/aromatic N) is 4. The van der Waals surface area contributed by atoms with E-state index in [0.29, 0.717) is 11.7 Å². The van der Waals surface area contributed by atoms with Gasteiger partial charge in [-0.1, -0.05) is 50.6 Å². The quantitative estimate of drug-likeness (QED) is 0.233. The number of hydrogen-bond acceptors (Lipinski definition) is 5. The minimum absolute atomic E-state index is 0.162. The maximum absolute atomic E-state index is 13.4. The third kappa shape index (κ3) is 6.29. The molecule has 0 aliphatic carbocycles. The zero-order valence-electron chi connectivity index (χ0n) is 26.5. The lowest BCUT2D eigenvalue weighted by atomic mass is 9.85. The molecule has 2 aliphatic heterocycles. The maximum Gasteiger partial charge on any atom is 0.324 e. The molecule has 0 radical (unpaired) electrons. The van der Waals surface area contributed by atoms with Crippen molar-refractivity contribution in [1.29, 1.82) is 0 Å². The molecule has 4 heterocycles. The van der Waals surface area contributed by atoms with E-state index in [1.807, 2.05) is 63.2 Å². The van der Waals surface area contributed by atoms with Crippen molar-refractivity contribution in [2.24, 2.45) is 5.92 Å². The van der Waals surface area contributed by atoms with Gasteiger partial charge in [-0.05, 0) is 88.6 Å². The van der Waals surface area contributed by atoms with Crippen LogP contribution >= 0.6 is 11.3 Å². The van der Waals surface area contributed by atoms with E-state index in [-0.39, 0.29) is 29.4 Å². The number of rotatable bonds is 6. The molecule has 2 aliphatic rings. The van der Waals surface area contributed by atoms with Gasteiger partial charge in [-0.2, -0.15) is 5.10 Å². The van der Waals surface area contributed by atoms with Crippen molar-refractivity contribution in [3.63, 3.8) is 0 Å². The Balaban J connectivity index is 1.11. The van der Waals surface area contributed by atoms with Crippen LogP contribution in [0.3, 0.4) is 0 Å². The predicted molar refractivity (Wildman–Crippen MR) is 177 cm³/mol. The van der Waals surface area contributed by atoms with Crippen molar-refractivity contribution in [3.05, 3.63) is 87.0 Å². The first kappa shape index (κ1) is 30.1. The summed E-state index contributed by atoms with van der Waals surface area (Å²) in [5.41, 5.74) is 5.58. The van der Waals surface area contributed by atoms with Crippen molar-refractivity contribution in [1.82, 2.24) is 19.7 Å². The highest BCUT2D eigenvalue weighted by Gasteiger charge is 2.44. The fourth-order valence-electron chi connectivity index (χ4n) is 6.74. The van der Waals surface area contributed by atoms with Crippen molar-refractivity contribution in [2.45, 2.75) is 91.1 Å². The Morgan fingerprint density at radius 1 is 0.955 bits per heavy atom. The molecule has 0 spiro atoms. The Hall–Kier alpha value is -3.98. The Bertz CT molecular complexity index is 1670. The molecule has 6 rings (SSSR count). The minimum Gasteiger partial charge on any atom is -0.332 e. The van der Waals surface area contributed by atoms with Gasteiger partial charge in [0.15, 0.2) is 0 Å². The average molecular weight is 611 g/mol. The molecule has 2 atom stereocenters. The first-order valence-corrected chi connectivity index (χ1v) is 16.4. The second-order valence-corrected chi connectivity index (χ2v) is 14.7. The van der Waals surface area contributed by atoms with Crippen molar-refractivity contribution in [2.75, 3.05) is 10.6 Å². The zero-order valence-corrected chi connectivity index (χ0v) is 27.3. The number of aromatic nitrogens is 3. The van der Waals surface area contributed by atoms with Crippen LogP contribution in [0.25, 0.3) is 5.69 Å². The van der Waals surface area contributed by atoms with E-state index in [2.05, 4.69) is 53.4 Å². The van der Waals surface area contributed by atoms with Gasteiger partial charge in [-0.3, -0.25) is 10.1 Å². The molecule has 8 nitrogen and oxygen atoms in total. The highest BCUT2D eigenvalue weighted by atomic mass is 32.1. The van der Waals surface area contributed by atoms with Gasteiger partial charge in [0.1, 0.15) is 10.7 Å². The number of carbonyl (C=O) groups is 2. The number of anilines is 2. The molecule has 2 saturated heterocycles. The van der Waals surface area contributed by atoms with E-state index in [4.69, 9.17) is 5.10 Å². The number of fused-ring (bicyclic) bond motifs is 2. The van der Waals surface area contributed by atoms with E-state index in [0.717, 1.165) is 70.3 Å². The molecule has 2 bridgehead atoms. The third-order valence-electron chi connectivity index (χ3n) is 8.87. The van der Waals surface area contributed by atoms with Crippen LogP contribution in [0.4, 0.5) is 16.3 Å². The van der Waals surface area contributed by atoms with Gasteiger partial charge in [0.25, 0.3) is 5.91 Å². The molecule has 2 N–H and O–H groups in total. The molecule has 2 aromatic carbocycles. The van der Waals surface area contributed by atoms with Gasteiger partial charge >= 0.3 is 6.03 Å².